The van der Waals surface area contributed by atoms with Gasteiger partial charge in [0.2, 0.25) is 0 Å². The zero-order valence-corrected chi connectivity index (χ0v) is 13.0. The van der Waals surface area contributed by atoms with Crippen LogP contribution in [-0.2, 0) is 0 Å². The van der Waals surface area contributed by atoms with E-state index in [1.54, 1.807) is 0 Å². The number of para-hydroxylation sites is 1. The smallest absolute Gasteiger partial charge is 0.143 e. The van der Waals surface area contributed by atoms with E-state index in [4.69, 9.17) is 4.42 Å². The Labute approximate surface area is 134 Å². The fraction of sp³-hybridized carbons (Fsp3) is 0.0526. The summed E-state index contributed by atoms with van der Waals surface area (Å²) in [5.74, 6) is 0. The third-order valence-electron chi connectivity index (χ3n) is 3.99. The summed E-state index contributed by atoms with van der Waals surface area (Å²) in [6.45, 7) is 0. The molecule has 0 aliphatic heterocycles. The van der Waals surface area contributed by atoms with Crippen LogP contribution in [0.25, 0.3) is 33.1 Å². The van der Waals surface area contributed by atoms with Crippen LogP contribution in [0, 0.1) is 0 Å². The van der Waals surface area contributed by atoms with Crippen LogP contribution in [0.3, 0.4) is 0 Å². The zero-order chi connectivity index (χ0) is 15.1. The van der Waals surface area contributed by atoms with Crippen LogP contribution in [0.5, 0.6) is 0 Å². The zero-order valence-electron chi connectivity index (χ0n) is 12.1. The van der Waals surface area contributed by atoms with Gasteiger partial charge in [-0.3, -0.25) is 0 Å². The first-order chi connectivity index (χ1) is 10.8. The summed E-state index contributed by atoms with van der Waals surface area (Å²) in [5, 5.41) is 5.32. The van der Waals surface area contributed by atoms with Gasteiger partial charge in [0, 0.05) is 34.0 Å². The second kappa shape index (κ2) is 5.11. The predicted molar refractivity (Wildman–Crippen MR) is 96.0 cm³/mol. The number of fused-ring (bicyclic) bond motifs is 3. The third kappa shape index (κ3) is 1.90. The lowest BCUT2D eigenvalue weighted by molar-refractivity contribution is 0.669. The van der Waals surface area contributed by atoms with Gasteiger partial charge in [0.15, 0.2) is 0 Å². The van der Waals surface area contributed by atoms with E-state index in [2.05, 4.69) is 48.3 Å². The second-order valence-electron chi connectivity index (χ2n) is 5.24. The summed E-state index contributed by atoms with van der Waals surface area (Å²) in [6.07, 6.45) is 0. The Morgan fingerprint density at radius 1 is 0.909 bits per heavy atom. The SMILES string of the molecule is CNc1ccc2oc3c(-c4ccccc4)cccc3c2c1S. The van der Waals surface area contributed by atoms with Crippen molar-refractivity contribution in [2.24, 2.45) is 0 Å². The van der Waals surface area contributed by atoms with E-state index in [0.29, 0.717) is 0 Å². The first-order valence-corrected chi connectivity index (χ1v) is 7.64. The molecule has 1 heterocycles. The van der Waals surface area contributed by atoms with E-state index < -0.39 is 0 Å². The van der Waals surface area contributed by atoms with Gasteiger partial charge < -0.3 is 9.73 Å². The molecule has 1 aromatic heterocycles. The fourth-order valence-electron chi connectivity index (χ4n) is 2.92. The Kier molecular flexibility index (Phi) is 3.09. The van der Waals surface area contributed by atoms with E-state index in [0.717, 1.165) is 43.6 Å². The lowest BCUT2D eigenvalue weighted by Crippen LogP contribution is -1.89. The summed E-state index contributed by atoms with van der Waals surface area (Å²) in [5.41, 5.74) is 5.04. The average molecular weight is 305 g/mol. The van der Waals surface area contributed by atoms with E-state index in [9.17, 15) is 0 Å². The molecule has 0 bridgehead atoms. The highest BCUT2D eigenvalue weighted by Gasteiger charge is 2.15. The van der Waals surface area contributed by atoms with Gasteiger partial charge >= 0.3 is 0 Å². The standard InChI is InChI=1S/C19H15NOS/c1-20-15-10-11-16-17(19(15)22)14-9-5-8-13(18(14)21-16)12-6-3-2-4-7-12/h2-11,20,22H,1H3. The maximum Gasteiger partial charge on any atom is 0.143 e. The van der Waals surface area contributed by atoms with Gasteiger partial charge in [0.05, 0.1) is 0 Å². The molecule has 3 heteroatoms. The Morgan fingerprint density at radius 2 is 1.73 bits per heavy atom. The van der Waals surface area contributed by atoms with E-state index in [1.165, 1.54) is 0 Å². The molecule has 0 unspecified atom stereocenters. The van der Waals surface area contributed by atoms with Crippen molar-refractivity contribution in [3.8, 4) is 11.1 Å². The summed E-state index contributed by atoms with van der Waals surface area (Å²) in [7, 11) is 1.90. The minimum absolute atomic E-state index is 0.863. The van der Waals surface area contributed by atoms with Crippen molar-refractivity contribution in [3.05, 3.63) is 60.7 Å². The lowest BCUT2D eigenvalue weighted by Gasteiger charge is -2.04. The summed E-state index contributed by atoms with van der Waals surface area (Å²) >= 11 is 4.68. The summed E-state index contributed by atoms with van der Waals surface area (Å²) in [4.78, 5) is 0.920. The largest absolute Gasteiger partial charge is 0.455 e. The molecule has 3 aromatic carbocycles. The van der Waals surface area contributed by atoms with Crippen molar-refractivity contribution < 1.29 is 4.42 Å². The number of thiol groups is 1. The minimum Gasteiger partial charge on any atom is -0.455 e. The molecule has 0 saturated carbocycles. The molecule has 0 amide bonds. The van der Waals surface area contributed by atoms with Gasteiger partial charge in [-0.25, -0.2) is 0 Å². The molecule has 22 heavy (non-hydrogen) atoms. The fourth-order valence-corrected chi connectivity index (χ4v) is 3.34. The molecule has 0 aliphatic carbocycles. The van der Waals surface area contributed by atoms with Crippen LogP contribution < -0.4 is 5.32 Å². The van der Waals surface area contributed by atoms with Crippen LogP contribution >= 0.6 is 12.6 Å². The Morgan fingerprint density at radius 3 is 2.50 bits per heavy atom. The van der Waals surface area contributed by atoms with Gasteiger partial charge in [0.1, 0.15) is 11.2 Å². The quantitative estimate of drug-likeness (QED) is 0.472. The molecule has 0 spiro atoms. The third-order valence-corrected chi connectivity index (χ3v) is 4.45. The number of anilines is 1. The van der Waals surface area contributed by atoms with Crippen LogP contribution in [0.2, 0.25) is 0 Å². The molecule has 0 aliphatic rings. The Balaban J connectivity index is 2.11. The van der Waals surface area contributed by atoms with E-state index in [1.807, 2.05) is 37.4 Å². The molecule has 1 N–H and O–H groups in total. The molecule has 4 aromatic rings. The summed E-state index contributed by atoms with van der Waals surface area (Å²) < 4.78 is 6.14. The number of benzene rings is 3. The molecular weight excluding hydrogens is 290 g/mol. The van der Waals surface area contributed by atoms with Crippen LogP contribution in [0.1, 0.15) is 0 Å². The molecule has 0 radical (unpaired) electrons. The minimum atomic E-state index is 0.863. The molecule has 0 saturated heterocycles. The van der Waals surface area contributed by atoms with Crippen molar-refractivity contribution >= 4 is 40.3 Å². The normalized spacial score (nSPS) is 11.2. The van der Waals surface area contributed by atoms with E-state index in [-0.39, 0.29) is 0 Å². The Hall–Kier alpha value is -2.39. The number of furan rings is 1. The molecule has 4 rings (SSSR count). The predicted octanol–water partition coefficient (Wildman–Crippen LogP) is 5.58. The van der Waals surface area contributed by atoms with Crippen LogP contribution in [0.4, 0.5) is 5.69 Å². The van der Waals surface area contributed by atoms with Gasteiger partial charge in [0.25, 0.3) is 0 Å². The van der Waals surface area contributed by atoms with Crippen molar-refractivity contribution in [1.82, 2.24) is 0 Å². The Bertz CT molecular complexity index is 973. The van der Waals surface area contributed by atoms with Crippen LogP contribution in [-0.4, -0.2) is 7.05 Å². The highest BCUT2D eigenvalue weighted by molar-refractivity contribution is 7.80. The summed E-state index contributed by atoms with van der Waals surface area (Å²) in [6, 6.07) is 20.5. The van der Waals surface area contributed by atoms with Crippen molar-refractivity contribution in [1.29, 1.82) is 0 Å². The maximum atomic E-state index is 6.14. The van der Waals surface area contributed by atoms with Gasteiger partial charge in [-0.05, 0) is 17.7 Å². The molecule has 0 fully saturated rings. The highest BCUT2D eigenvalue weighted by Crippen LogP contribution is 2.40. The van der Waals surface area contributed by atoms with Crippen molar-refractivity contribution in [3.63, 3.8) is 0 Å². The van der Waals surface area contributed by atoms with E-state index >= 15 is 0 Å². The van der Waals surface area contributed by atoms with Crippen molar-refractivity contribution in [2.75, 3.05) is 12.4 Å². The monoisotopic (exact) mass is 305 g/mol. The number of hydrogen-bond donors (Lipinski definition) is 2. The molecule has 2 nitrogen and oxygen atoms in total. The topological polar surface area (TPSA) is 25.2 Å². The lowest BCUT2D eigenvalue weighted by atomic mass is 10.0. The number of rotatable bonds is 2. The van der Waals surface area contributed by atoms with Gasteiger partial charge in [-0.15, -0.1) is 12.6 Å². The molecule has 108 valence electrons. The average Bonchev–Trinajstić information content (AvgIpc) is 2.95. The first kappa shape index (κ1) is 13.3. The van der Waals surface area contributed by atoms with Crippen molar-refractivity contribution in [2.45, 2.75) is 4.90 Å². The molecule has 0 atom stereocenters. The van der Waals surface area contributed by atoms with Gasteiger partial charge in [-0.1, -0.05) is 48.5 Å². The number of hydrogen-bond acceptors (Lipinski definition) is 3. The van der Waals surface area contributed by atoms with Gasteiger partial charge in [-0.2, -0.15) is 0 Å². The number of nitrogens with one attached hydrogen (secondary N) is 1. The first-order valence-electron chi connectivity index (χ1n) is 7.20. The highest BCUT2D eigenvalue weighted by atomic mass is 32.1. The molecular formula is C19H15NOS. The maximum absolute atomic E-state index is 6.14. The second-order valence-corrected chi connectivity index (χ2v) is 5.68. The van der Waals surface area contributed by atoms with Crippen LogP contribution in [0.15, 0.2) is 70.0 Å².